The predicted octanol–water partition coefficient (Wildman–Crippen LogP) is 5.65. The summed E-state index contributed by atoms with van der Waals surface area (Å²) in [6, 6.07) is 2.03. The molecular weight excluding hydrogens is 335 g/mol. The van der Waals surface area contributed by atoms with Crippen LogP contribution in [0.4, 0.5) is 0 Å². The van der Waals surface area contributed by atoms with Crippen LogP contribution in [0.5, 0.6) is 0 Å². The van der Waals surface area contributed by atoms with Gasteiger partial charge >= 0.3 is 0 Å². The van der Waals surface area contributed by atoms with E-state index in [-0.39, 0.29) is 0 Å². The standard InChI is InChI=1S/C9H11Br2ClS/c1-5(2)3-6(10)8-4-7(12)9(11)13-8/h4-6H,3H2,1-2H3. The van der Waals surface area contributed by atoms with Gasteiger partial charge in [-0.1, -0.05) is 41.4 Å². The Morgan fingerprint density at radius 3 is 2.54 bits per heavy atom. The van der Waals surface area contributed by atoms with Crippen molar-refractivity contribution in [3.63, 3.8) is 0 Å². The van der Waals surface area contributed by atoms with Gasteiger partial charge in [-0.3, -0.25) is 0 Å². The molecule has 0 aliphatic heterocycles. The fourth-order valence-electron chi connectivity index (χ4n) is 1.05. The van der Waals surface area contributed by atoms with Crippen LogP contribution < -0.4 is 0 Å². The molecule has 0 fully saturated rings. The maximum absolute atomic E-state index is 5.95. The van der Waals surface area contributed by atoms with Gasteiger partial charge in [0.25, 0.3) is 0 Å². The maximum atomic E-state index is 5.95. The Hall–Kier alpha value is 0.950. The molecule has 1 rings (SSSR count). The first-order chi connectivity index (χ1) is 6.00. The summed E-state index contributed by atoms with van der Waals surface area (Å²) in [6.07, 6.45) is 1.14. The van der Waals surface area contributed by atoms with Crippen LogP contribution >= 0.6 is 54.8 Å². The van der Waals surface area contributed by atoms with Gasteiger partial charge in [-0.25, -0.2) is 0 Å². The van der Waals surface area contributed by atoms with E-state index >= 15 is 0 Å². The Morgan fingerprint density at radius 1 is 1.54 bits per heavy atom. The van der Waals surface area contributed by atoms with Gasteiger partial charge < -0.3 is 0 Å². The quantitative estimate of drug-likeness (QED) is 0.621. The molecule has 0 aliphatic rings. The third-order valence-corrected chi connectivity index (χ3v) is 5.41. The van der Waals surface area contributed by atoms with E-state index in [2.05, 4.69) is 45.7 Å². The van der Waals surface area contributed by atoms with E-state index in [1.165, 1.54) is 4.88 Å². The number of hydrogen-bond donors (Lipinski definition) is 0. The Kier molecular flexibility index (Phi) is 4.76. The lowest BCUT2D eigenvalue weighted by Gasteiger charge is -2.09. The fraction of sp³-hybridized carbons (Fsp3) is 0.556. The lowest BCUT2D eigenvalue weighted by atomic mass is 10.1. The van der Waals surface area contributed by atoms with Crippen molar-refractivity contribution in [2.24, 2.45) is 5.92 Å². The molecule has 0 saturated carbocycles. The summed E-state index contributed by atoms with van der Waals surface area (Å²) >= 11 is 14.7. The second-order valence-electron chi connectivity index (χ2n) is 3.37. The smallest absolute Gasteiger partial charge is 0.0887 e. The summed E-state index contributed by atoms with van der Waals surface area (Å²) < 4.78 is 1.03. The van der Waals surface area contributed by atoms with Crippen LogP contribution in [0.1, 0.15) is 30.0 Å². The van der Waals surface area contributed by atoms with Crippen molar-refractivity contribution in [3.05, 3.63) is 19.8 Å². The van der Waals surface area contributed by atoms with Gasteiger partial charge in [-0.15, -0.1) is 11.3 Å². The molecule has 0 aliphatic carbocycles. The molecule has 74 valence electrons. The van der Waals surface area contributed by atoms with Gasteiger partial charge in [0.05, 0.1) is 8.81 Å². The van der Waals surface area contributed by atoms with Crippen molar-refractivity contribution < 1.29 is 0 Å². The average Bonchev–Trinajstić information content (AvgIpc) is 2.31. The normalized spacial score (nSPS) is 13.7. The molecule has 1 aromatic rings. The SMILES string of the molecule is CC(C)CC(Br)c1cc(Cl)c(Br)s1. The predicted molar refractivity (Wildman–Crippen MR) is 68.2 cm³/mol. The van der Waals surface area contributed by atoms with E-state index < -0.39 is 0 Å². The van der Waals surface area contributed by atoms with Gasteiger partial charge in [0.15, 0.2) is 0 Å². The second-order valence-corrected chi connectivity index (χ2v) is 7.28. The number of rotatable bonds is 3. The lowest BCUT2D eigenvalue weighted by molar-refractivity contribution is 0.587. The van der Waals surface area contributed by atoms with Gasteiger partial charge in [-0.2, -0.15) is 0 Å². The molecule has 0 aromatic carbocycles. The minimum Gasteiger partial charge on any atom is -0.130 e. The zero-order valence-corrected chi connectivity index (χ0v) is 12.2. The highest BCUT2D eigenvalue weighted by atomic mass is 79.9. The average molecular weight is 347 g/mol. The summed E-state index contributed by atoms with van der Waals surface area (Å²) in [4.78, 5) is 1.73. The number of hydrogen-bond acceptors (Lipinski definition) is 1. The number of alkyl halides is 1. The van der Waals surface area contributed by atoms with Crippen LogP contribution in [0.25, 0.3) is 0 Å². The molecule has 0 radical (unpaired) electrons. The molecule has 0 bridgehead atoms. The fourth-order valence-corrected chi connectivity index (χ4v) is 3.95. The van der Waals surface area contributed by atoms with Crippen molar-refractivity contribution in [1.82, 2.24) is 0 Å². The topological polar surface area (TPSA) is 0 Å². The zero-order valence-electron chi connectivity index (χ0n) is 7.48. The Bertz CT molecular complexity index is 264. The van der Waals surface area contributed by atoms with Gasteiger partial charge in [0.2, 0.25) is 0 Å². The highest BCUT2D eigenvalue weighted by Gasteiger charge is 2.14. The molecule has 1 heterocycles. The van der Waals surface area contributed by atoms with E-state index in [4.69, 9.17) is 11.6 Å². The molecule has 0 amide bonds. The van der Waals surface area contributed by atoms with Crippen LogP contribution in [0.15, 0.2) is 9.85 Å². The Labute approximate surface area is 105 Å². The van der Waals surface area contributed by atoms with Crippen molar-refractivity contribution in [2.75, 3.05) is 0 Å². The highest BCUT2D eigenvalue weighted by Crippen LogP contribution is 2.40. The highest BCUT2D eigenvalue weighted by molar-refractivity contribution is 9.11. The van der Waals surface area contributed by atoms with E-state index in [1.807, 2.05) is 6.07 Å². The van der Waals surface area contributed by atoms with Crippen LogP contribution in [-0.4, -0.2) is 0 Å². The van der Waals surface area contributed by atoms with Gasteiger partial charge in [0.1, 0.15) is 0 Å². The first-order valence-corrected chi connectivity index (χ1v) is 6.99. The molecule has 0 nitrogen and oxygen atoms in total. The van der Waals surface area contributed by atoms with Crippen molar-refractivity contribution in [3.8, 4) is 0 Å². The Morgan fingerprint density at radius 2 is 2.15 bits per heavy atom. The molecule has 1 atom stereocenters. The zero-order chi connectivity index (χ0) is 10.0. The van der Waals surface area contributed by atoms with Crippen LogP contribution in [-0.2, 0) is 0 Å². The summed E-state index contributed by atoms with van der Waals surface area (Å²) in [5.74, 6) is 0.698. The minimum atomic E-state index is 0.432. The third kappa shape index (κ3) is 3.54. The molecule has 13 heavy (non-hydrogen) atoms. The largest absolute Gasteiger partial charge is 0.130 e. The first kappa shape index (κ1) is 12.0. The van der Waals surface area contributed by atoms with Crippen molar-refractivity contribution in [1.29, 1.82) is 0 Å². The molecule has 1 aromatic heterocycles. The summed E-state index contributed by atoms with van der Waals surface area (Å²) in [6.45, 7) is 4.44. The van der Waals surface area contributed by atoms with Crippen molar-refractivity contribution in [2.45, 2.75) is 25.1 Å². The molecule has 0 saturated heterocycles. The summed E-state index contributed by atoms with van der Waals surface area (Å²) in [7, 11) is 0. The molecule has 0 spiro atoms. The lowest BCUT2D eigenvalue weighted by Crippen LogP contribution is -1.92. The van der Waals surface area contributed by atoms with Crippen LogP contribution in [0.2, 0.25) is 5.02 Å². The van der Waals surface area contributed by atoms with E-state index in [0.29, 0.717) is 10.7 Å². The number of thiophene rings is 1. The first-order valence-electron chi connectivity index (χ1n) is 4.09. The maximum Gasteiger partial charge on any atom is 0.0887 e. The Balaban J connectivity index is 2.71. The van der Waals surface area contributed by atoms with Crippen molar-refractivity contribution >= 4 is 54.8 Å². The van der Waals surface area contributed by atoms with Gasteiger partial charge in [0, 0.05) is 9.70 Å². The molecular formula is C9H11Br2ClS. The third-order valence-electron chi connectivity index (χ3n) is 1.65. The van der Waals surface area contributed by atoms with Crippen LogP contribution in [0, 0.1) is 5.92 Å². The molecule has 1 unspecified atom stereocenters. The summed E-state index contributed by atoms with van der Waals surface area (Å²) in [5, 5.41) is 0.813. The molecule has 4 heteroatoms. The van der Waals surface area contributed by atoms with Gasteiger partial charge in [-0.05, 0) is 34.3 Å². The van der Waals surface area contributed by atoms with E-state index in [0.717, 1.165) is 15.2 Å². The molecule has 0 N–H and O–H groups in total. The number of halogens is 3. The second kappa shape index (κ2) is 5.15. The summed E-state index contributed by atoms with van der Waals surface area (Å²) in [5.41, 5.74) is 0. The monoisotopic (exact) mass is 344 g/mol. The van der Waals surface area contributed by atoms with Crippen LogP contribution in [0.3, 0.4) is 0 Å². The van der Waals surface area contributed by atoms with E-state index in [1.54, 1.807) is 11.3 Å². The minimum absolute atomic E-state index is 0.432. The van der Waals surface area contributed by atoms with E-state index in [9.17, 15) is 0 Å².